The Morgan fingerprint density at radius 3 is 2.66 bits per heavy atom. The number of carbonyl (C=O) groups excluding carboxylic acids is 2. The zero-order chi connectivity index (χ0) is 22.9. The van der Waals surface area contributed by atoms with Gasteiger partial charge in [-0.1, -0.05) is 20.8 Å². The molecule has 3 aromatic rings. The molecule has 0 aliphatic rings. The minimum Gasteiger partial charge on any atom is -0.454 e. The van der Waals surface area contributed by atoms with Crippen LogP contribution in [0, 0.1) is 5.92 Å². The Bertz CT molecular complexity index is 1010. The minimum absolute atomic E-state index is 0.181. The van der Waals surface area contributed by atoms with Gasteiger partial charge in [0, 0.05) is 43.8 Å². The molecule has 0 radical (unpaired) electrons. The van der Waals surface area contributed by atoms with Crippen molar-refractivity contribution >= 4 is 11.8 Å². The molecule has 7 heteroatoms. The van der Waals surface area contributed by atoms with Gasteiger partial charge in [0.05, 0.1) is 13.1 Å². The van der Waals surface area contributed by atoms with Crippen molar-refractivity contribution in [2.45, 2.75) is 53.2 Å². The van der Waals surface area contributed by atoms with Crippen LogP contribution < -0.4 is 5.32 Å². The van der Waals surface area contributed by atoms with Crippen LogP contribution >= 0.6 is 0 Å². The van der Waals surface area contributed by atoms with Crippen molar-refractivity contribution in [1.29, 1.82) is 0 Å². The Balaban J connectivity index is 1.61. The highest BCUT2D eigenvalue weighted by Gasteiger charge is 2.17. The number of hydrogen-bond donors (Lipinski definition) is 1. The summed E-state index contributed by atoms with van der Waals surface area (Å²) in [6.45, 7) is 8.42. The highest BCUT2D eigenvalue weighted by Crippen LogP contribution is 2.15. The van der Waals surface area contributed by atoms with Gasteiger partial charge in [-0.25, -0.2) is 0 Å². The second-order valence-corrected chi connectivity index (χ2v) is 8.34. The molecular formula is C25H32N4O3. The number of nitrogens with zero attached hydrogens (tertiary/aromatic N) is 3. The van der Waals surface area contributed by atoms with E-state index in [9.17, 15) is 9.59 Å². The van der Waals surface area contributed by atoms with Gasteiger partial charge in [0.2, 0.25) is 5.91 Å². The van der Waals surface area contributed by atoms with E-state index in [1.54, 1.807) is 18.5 Å². The summed E-state index contributed by atoms with van der Waals surface area (Å²) in [6.07, 6.45) is 6.83. The summed E-state index contributed by atoms with van der Waals surface area (Å²) < 4.78 is 7.85. The molecule has 3 heterocycles. The van der Waals surface area contributed by atoms with Crippen LogP contribution in [0.5, 0.6) is 0 Å². The van der Waals surface area contributed by atoms with Crippen LogP contribution in [0.2, 0.25) is 0 Å². The quantitative estimate of drug-likeness (QED) is 0.488. The average Bonchev–Trinajstić information content (AvgIpc) is 3.42. The molecule has 7 nitrogen and oxygen atoms in total. The zero-order valence-electron chi connectivity index (χ0n) is 19.1. The van der Waals surface area contributed by atoms with E-state index in [2.05, 4.69) is 35.6 Å². The molecule has 0 fully saturated rings. The minimum atomic E-state index is -0.255. The van der Waals surface area contributed by atoms with Crippen molar-refractivity contribution < 1.29 is 14.0 Å². The zero-order valence-corrected chi connectivity index (χ0v) is 19.1. The maximum absolute atomic E-state index is 12.6. The van der Waals surface area contributed by atoms with Crippen LogP contribution in [0.1, 0.15) is 61.2 Å². The van der Waals surface area contributed by atoms with E-state index in [0.717, 1.165) is 24.2 Å². The molecule has 0 unspecified atom stereocenters. The van der Waals surface area contributed by atoms with Gasteiger partial charge in [-0.15, -0.1) is 0 Å². The van der Waals surface area contributed by atoms with Gasteiger partial charge >= 0.3 is 0 Å². The number of furan rings is 1. The second kappa shape index (κ2) is 11.3. The van der Waals surface area contributed by atoms with Crippen LogP contribution in [0.4, 0.5) is 0 Å². The first-order valence-corrected chi connectivity index (χ1v) is 11.1. The summed E-state index contributed by atoms with van der Waals surface area (Å²) >= 11 is 0. The number of pyridine rings is 1. The Labute approximate surface area is 189 Å². The molecule has 3 rings (SSSR count). The number of aromatic nitrogens is 2. The number of nitrogens with one attached hydrogen (secondary N) is 1. The fraction of sp³-hybridized carbons (Fsp3) is 0.400. The van der Waals surface area contributed by atoms with E-state index in [0.29, 0.717) is 37.7 Å². The van der Waals surface area contributed by atoms with E-state index in [1.165, 1.54) is 0 Å². The first-order chi connectivity index (χ1) is 15.5. The average molecular weight is 437 g/mol. The van der Waals surface area contributed by atoms with E-state index < -0.39 is 0 Å². The lowest BCUT2D eigenvalue weighted by Gasteiger charge is -2.24. The molecule has 2 amide bonds. The number of hydrogen-bond acceptors (Lipinski definition) is 4. The Kier molecular flexibility index (Phi) is 8.25. The molecule has 1 N–H and O–H groups in total. The summed E-state index contributed by atoms with van der Waals surface area (Å²) in [5.74, 6) is 1.23. The van der Waals surface area contributed by atoms with Gasteiger partial charge in [0.25, 0.3) is 5.91 Å². The summed E-state index contributed by atoms with van der Waals surface area (Å²) in [5.41, 5.74) is 2.01. The van der Waals surface area contributed by atoms with E-state index >= 15 is 0 Å². The maximum Gasteiger partial charge on any atom is 0.287 e. The second-order valence-electron chi connectivity index (χ2n) is 8.34. The Morgan fingerprint density at radius 1 is 1.16 bits per heavy atom. The highest BCUT2D eigenvalue weighted by atomic mass is 16.4. The monoisotopic (exact) mass is 436 g/mol. The van der Waals surface area contributed by atoms with E-state index in [-0.39, 0.29) is 17.6 Å². The summed E-state index contributed by atoms with van der Waals surface area (Å²) in [7, 11) is 0. The summed E-state index contributed by atoms with van der Waals surface area (Å²) in [5, 5.41) is 2.86. The molecule has 0 spiro atoms. The van der Waals surface area contributed by atoms with Gasteiger partial charge in [0.15, 0.2) is 5.76 Å². The highest BCUT2D eigenvalue weighted by molar-refractivity contribution is 5.91. The lowest BCUT2D eigenvalue weighted by molar-refractivity contribution is -0.132. The fourth-order valence-corrected chi connectivity index (χ4v) is 3.51. The molecule has 0 aromatic carbocycles. The van der Waals surface area contributed by atoms with Crippen molar-refractivity contribution in [3.05, 3.63) is 77.8 Å². The molecule has 0 saturated carbocycles. The van der Waals surface area contributed by atoms with Crippen molar-refractivity contribution in [1.82, 2.24) is 19.8 Å². The molecule has 0 aliphatic carbocycles. The number of rotatable bonds is 11. The van der Waals surface area contributed by atoms with Crippen LogP contribution in [-0.4, -0.2) is 32.8 Å². The van der Waals surface area contributed by atoms with E-state index in [1.807, 2.05) is 41.4 Å². The van der Waals surface area contributed by atoms with Gasteiger partial charge < -0.3 is 19.2 Å². The maximum atomic E-state index is 12.6. The van der Waals surface area contributed by atoms with E-state index in [4.69, 9.17) is 4.42 Å². The van der Waals surface area contributed by atoms with Gasteiger partial charge in [-0.2, -0.15) is 0 Å². The molecule has 0 bridgehead atoms. The van der Waals surface area contributed by atoms with Crippen LogP contribution in [-0.2, 0) is 24.4 Å². The largest absolute Gasteiger partial charge is 0.454 e. The van der Waals surface area contributed by atoms with Crippen molar-refractivity contribution in [2.24, 2.45) is 5.92 Å². The third kappa shape index (κ3) is 6.57. The van der Waals surface area contributed by atoms with Gasteiger partial charge in [-0.3, -0.25) is 14.6 Å². The van der Waals surface area contributed by atoms with Crippen molar-refractivity contribution in [3.8, 4) is 0 Å². The third-order valence-corrected chi connectivity index (χ3v) is 5.12. The molecule has 3 aromatic heterocycles. The summed E-state index contributed by atoms with van der Waals surface area (Å²) in [6, 6.07) is 11.2. The third-order valence-electron chi connectivity index (χ3n) is 5.12. The van der Waals surface area contributed by atoms with Crippen LogP contribution in [0.15, 0.2) is 59.4 Å². The predicted molar refractivity (Wildman–Crippen MR) is 123 cm³/mol. The smallest absolute Gasteiger partial charge is 0.287 e. The van der Waals surface area contributed by atoms with Crippen molar-refractivity contribution in [2.75, 3.05) is 6.54 Å². The first-order valence-electron chi connectivity index (χ1n) is 11.1. The number of carbonyl (C=O) groups is 2. The Morgan fingerprint density at radius 2 is 1.94 bits per heavy atom. The molecule has 0 atom stereocenters. The lowest BCUT2D eigenvalue weighted by Crippen LogP contribution is -2.32. The number of amides is 2. The molecule has 32 heavy (non-hydrogen) atoms. The van der Waals surface area contributed by atoms with Crippen LogP contribution in [0.3, 0.4) is 0 Å². The SMILES string of the molecule is CCCN(Cc1cccn1Cc1ccc(C(=O)NCc2ccncc2)o1)C(=O)CC(C)C. The van der Waals surface area contributed by atoms with Gasteiger partial charge in [-0.05, 0) is 54.3 Å². The molecular weight excluding hydrogens is 404 g/mol. The molecule has 0 saturated heterocycles. The first kappa shape index (κ1) is 23.3. The topological polar surface area (TPSA) is 80.4 Å². The summed E-state index contributed by atoms with van der Waals surface area (Å²) in [4.78, 5) is 30.9. The van der Waals surface area contributed by atoms with Crippen molar-refractivity contribution in [3.63, 3.8) is 0 Å². The van der Waals surface area contributed by atoms with Gasteiger partial charge in [0.1, 0.15) is 5.76 Å². The molecule has 0 aliphatic heterocycles. The lowest BCUT2D eigenvalue weighted by atomic mass is 10.1. The normalized spacial score (nSPS) is 11.0. The molecule has 170 valence electrons. The van der Waals surface area contributed by atoms with Crippen LogP contribution in [0.25, 0.3) is 0 Å². The predicted octanol–water partition coefficient (Wildman–Crippen LogP) is 4.24. The Hall–Kier alpha value is -3.35. The standard InChI is InChI=1S/C25H32N4O3/c1-4-13-29(24(30)15-19(2)3)17-21-6-5-14-28(21)18-22-7-8-23(32-22)25(31)27-16-20-9-11-26-12-10-20/h5-12,14,19H,4,13,15-18H2,1-3H3,(H,27,31). The fourth-order valence-electron chi connectivity index (χ4n) is 3.51.